The zero-order valence-corrected chi connectivity index (χ0v) is 20.4. The molecule has 0 aliphatic carbocycles. The number of aromatic nitrogens is 4. The number of nitrogens with zero attached hydrogens (tertiary/aromatic N) is 5. The van der Waals surface area contributed by atoms with Gasteiger partial charge in [-0.15, -0.1) is 0 Å². The van der Waals surface area contributed by atoms with E-state index in [4.69, 9.17) is 4.74 Å². The largest absolute Gasteiger partial charge is 0.472 e. The monoisotopic (exact) mass is 505 g/mol. The van der Waals surface area contributed by atoms with E-state index in [0.717, 1.165) is 24.7 Å². The maximum Gasteiger partial charge on any atom is 0.417 e. The van der Waals surface area contributed by atoms with Crippen LogP contribution in [0.5, 0.6) is 5.88 Å². The molecule has 0 aliphatic heterocycles. The molecular weight excluding hydrogens is 478 g/mol. The van der Waals surface area contributed by atoms with Crippen LogP contribution in [0.3, 0.4) is 0 Å². The molecule has 0 bridgehead atoms. The molecule has 0 saturated heterocycles. The molecule has 0 N–H and O–H groups in total. The number of halogens is 4. The molecule has 192 valence electrons. The zero-order chi connectivity index (χ0) is 26.5. The summed E-state index contributed by atoms with van der Waals surface area (Å²) in [5.41, 5.74) is 0.202. The molecule has 3 aromatic rings. The van der Waals surface area contributed by atoms with Gasteiger partial charge in [0.05, 0.1) is 29.6 Å². The second-order valence-corrected chi connectivity index (χ2v) is 8.09. The maximum atomic E-state index is 13.8. The number of carbonyl (C=O) groups excluding carboxylic acids is 1. The fourth-order valence-electron chi connectivity index (χ4n) is 3.91. The minimum absolute atomic E-state index is 0.0332. The van der Waals surface area contributed by atoms with Crippen molar-refractivity contribution >= 4 is 5.91 Å². The summed E-state index contributed by atoms with van der Waals surface area (Å²) < 4.78 is 57.9. The highest BCUT2D eigenvalue weighted by Gasteiger charge is 2.33. The minimum Gasteiger partial charge on any atom is -0.472 e. The van der Waals surface area contributed by atoms with Crippen molar-refractivity contribution in [3.05, 3.63) is 65.6 Å². The van der Waals surface area contributed by atoms with Crippen LogP contribution in [0.15, 0.2) is 42.9 Å². The molecule has 2 atom stereocenters. The molecular formula is C25H27F4N5O2. The number of aryl methyl sites for hydroxylation is 1. The molecule has 0 spiro atoms. The van der Waals surface area contributed by atoms with E-state index in [1.54, 1.807) is 24.0 Å². The van der Waals surface area contributed by atoms with Crippen LogP contribution in [0.2, 0.25) is 0 Å². The number of hydrogen-bond acceptors (Lipinski definition) is 6. The third-order valence-electron chi connectivity index (χ3n) is 5.69. The van der Waals surface area contributed by atoms with Gasteiger partial charge in [-0.05, 0) is 44.9 Å². The Bertz CT molecular complexity index is 1170. The van der Waals surface area contributed by atoms with Gasteiger partial charge in [-0.1, -0.05) is 13.8 Å². The van der Waals surface area contributed by atoms with Crippen molar-refractivity contribution in [3.63, 3.8) is 0 Å². The summed E-state index contributed by atoms with van der Waals surface area (Å²) in [7, 11) is 0. The van der Waals surface area contributed by atoms with Crippen LogP contribution < -0.4 is 4.74 Å². The topological polar surface area (TPSA) is 81.1 Å². The highest BCUT2D eigenvalue weighted by atomic mass is 19.4. The van der Waals surface area contributed by atoms with Gasteiger partial charge in [0.25, 0.3) is 5.91 Å². The molecule has 1 amide bonds. The van der Waals surface area contributed by atoms with Gasteiger partial charge in [-0.2, -0.15) is 13.2 Å². The molecule has 3 aromatic heterocycles. The fourth-order valence-corrected chi connectivity index (χ4v) is 3.91. The minimum atomic E-state index is -4.50. The summed E-state index contributed by atoms with van der Waals surface area (Å²) in [6.07, 6.45) is -1.31. The van der Waals surface area contributed by atoms with Crippen LogP contribution in [0.4, 0.5) is 17.6 Å². The normalized spacial score (nSPS) is 13.2. The highest BCUT2D eigenvalue weighted by molar-refractivity contribution is 5.98. The Balaban J connectivity index is 1.92. The maximum absolute atomic E-state index is 13.8. The lowest BCUT2D eigenvalue weighted by molar-refractivity contribution is -0.137. The molecule has 3 heterocycles. The summed E-state index contributed by atoms with van der Waals surface area (Å²) in [6, 6.07) is 5.02. The first-order valence-electron chi connectivity index (χ1n) is 11.5. The van der Waals surface area contributed by atoms with E-state index in [1.807, 2.05) is 20.8 Å². The Kier molecular flexibility index (Phi) is 8.54. The van der Waals surface area contributed by atoms with Crippen molar-refractivity contribution in [1.82, 2.24) is 24.8 Å². The highest BCUT2D eigenvalue weighted by Crippen LogP contribution is 2.30. The van der Waals surface area contributed by atoms with Crippen LogP contribution in [0.25, 0.3) is 11.4 Å². The average molecular weight is 506 g/mol. The number of pyridine rings is 2. The average Bonchev–Trinajstić information content (AvgIpc) is 2.86. The van der Waals surface area contributed by atoms with Crippen molar-refractivity contribution in [2.45, 2.75) is 58.9 Å². The van der Waals surface area contributed by atoms with Crippen molar-refractivity contribution in [1.29, 1.82) is 0 Å². The molecule has 2 unspecified atom stereocenters. The first-order valence-corrected chi connectivity index (χ1v) is 11.5. The lowest BCUT2D eigenvalue weighted by Crippen LogP contribution is -2.49. The second kappa shape index (κ2) is 11.4. The van der Waals surface area contributed by atoms with E-state index in [1.165, 1.54) is 6.07 Å². The predicted molar refractivity (Wildman–Crippen MR) is 125 cm³/mol. The van der Waals surface area contributed by atoms with Crippen LogP contribution in [0, 0.1) is 12.7 Å². The summed E-state index contributed by atoms with van der Waals surface area (Å²) in [5, 5.41) is 0. The van der Waals surface area contributed by atoms with E-state index in [2.05, 4.69) is 19.9 Å². The molecule has 11 heteroatoms. The number of hydrogen-bond donors (Lipinski definition) is 0. The Morgan fingerprint density at radius 1 is 1.00 bits per heavy atom. The molecule has 0 aliphatic rings. The number of rotatable bonds is 9. The van der Waals surface area contributed by atoms with Crippen molar-refractivity contribution in [2.75, 3.05) is 6.54 Å². The third-order valence-corrected chi connectivity index (χ3v) is 5.69. The van der Waals surface area contributed by atoms with E-state index in [-0.39, 0.29) is 17.4 Å². The number of amides is 1. The molecule has 0 aromatic carbocycles. The summed E-state index contributed by atoms with van der Waals surface area (Å²) in [6.45, 7) is 7.62. The second-order valence-electron chi connectivity index (χ2n) is 8.09. The summed E-state index contributed by atoms with van der Waals surface area (Å²) in [5.74, 6) is -0.800. The standard InChI is InChI=1S/C25H27F4N5O2/c1-5-19(20(6-2)36-21-11-9-16(12-30-21)25(27,28)29)34(7-3)24(35)22-18(10-8-15(4)33-22)23-31-13-17(26)14-32-23/h8-14,19-20H,5-7H2,1-4H3. The van der Waals surface area contributed by atoms with Crippen LogP contribution in [0.1, 0.15) is 55.4 Å². The van der Waals surface area contributed by atoms with Crippen LogP contribution in [-0.4, -0.2) is 49.4 Å². The van der Waals surface area contributed by atoms with Crippen LogP contribution >= 0.6 is 0 Å². The third kappa shape index (κ3) is 6.13. The molecule has 36 heavy (non-hydrogen) atoms. The van der Waals surface area contributed by atoms with Gasteiger partial charge in [-0.25, -0.2) is 24.3 Å². The van der Waals surface area contributed by atoms with Crippen molar-refractivity contribution < 1.29 is 27.1 Å². The summed E-state index contributed by atoms with van der Waals surface area (Å²) in [4.78, 5) is 31.6. The van der Waals surface area contributed by atoms with Gasteiger partial charge in [0.2, 0.25) is 5.88 Å². The Hall–Kier alpha value is -3.63. The lowest BCUT2D eigenvalue weighted by Gasteiger charge is -2.35. The van der Waals surface area contributed by atoms with Gasteiger partial charge >= 0.3 is 6.18 Å². The number of carbonyl (C=O) groups is 1. The number of ether oxygens (including phenoxy) is 1. The van der Waals surface area contributed by atoms with Gasteiger partial charge in [0, 0.05) is 24.5 Å². The van der Waals surface area contributed by atoms with Gasteiger partial charge < -0.3 is 9.64 Å². The number of alkyl halides is 3. The van der Waals surface area contributed by atoms with E-state index in [9.17, 15) is 22.4 Å². The molecule has 7 nitrogen and oxygen atoms in total. The van der Waals surface area contributed by atoms with E-state index >= 15 is 0 Å². The quantitative estimate of drug-likeness (QED) is 0.358. The van der Waals surface area contributed by atoms with E-state index in [0.29, 0.717) is 30.6 Å². The fraction of sp³-hybridized carbons (Fsp3) is 0.400. The summed E-state index contributed by atoms with van der Waals surface area (Å²) >= 11 is 0. The smallest absolute Gasteiger partial charge is 0.417 e. The molecule has 0 saturated carbocycles. The Morgan fingerprint density at radius 2 is 1.69 bits per heavy atom. The number of likely N-dealkylation sites (N-methyl/N-ethyl adjacent to an activating group) is 1. The molecule has 3 rings (SSSR count). The Labute approximate surface area is 206 Å². The predicted octanol–water partition coefficient (Wildman–Crippen LogP) is 5.50. The van der Waals surface area contributed by atoms with Crippen LogP contribution in [-0.2, 0) is 6.18 Å². The van der Waals surface area contributed by atoms with Gasteiger partial charge in [-0.3, -0.25) is 4.79 Å². The molecule has 0 radical (unpaired) electrons. The lowest BCUT2D eigenvalue weighted by atomic mass is 10.0. The van der Waals surface area contributed by atoms with Crippen molar-refractivity contribution in [2.24, 2.45) is 0 Å². The van der Waals surface area contributed by atoms with Gasteiger partial charge in [0.1, 0.15) is 11.8 Å². The first-order chi connectivity index (χ1) is 17.1. The van der Waals surface area contributed by atoms with Crippen molar-refractivity contribution in [3.8, 4) is 17.3 Å². The first kappa shape index (κ1) is 27.0. The Morgan fingerprint density at radius 3 is 2.22 bits per heavy atom. The zero-order valence-electron chi connectivity index (χ0n) is 20.4. The molecule has 0 fully saturated rings. The van der Waals surface area contributed by atoms with Gasteiger partial charge in [0.15, 0.2) is 11.6 Å². The van der Waals surface area contributed by atoms with E-state index < -0.39 is 35.6 Å². The SMILES string of the molecule is CCC(Oc1ccc(C(F)(F)F)cn1)C(CC)N(CC)C(=O)c1nc(C)ccc1-c1ncc(F)cn1.